The number of amides is 1. The zero-order valence-corrected chi connectivity index (χ0v) is 12.9. The number of rotatable bonds is 4. The largest absolute Gasteiger partial charge is 0.482 e. The molecule has 2 aromatic rings. The van der Waals surface area contributed by atoms with Crippen molar-refractivity contribution in [1.82, 2.24) is 15.1 Å². The first-order valence-corrected chi connectivity index (χ1v) is 7.76. The lowest BCUT2D eigenvalue weighted by molar-refractivity contribution is -0.134. The fourth-order valence-corrected chi connectivity index (χ4v) is 2.93. The summed E-state index contributed by atoms with van der Waals surface area (Å²) >= 11 is 6.02. The number of halogens is 1. The number of likely N-dealkylation sites (tertiary alicyclic amines) is 1. The van der Waals surface area contributed by atoms with E-state index in [0.29, 0.717) is 23.2 Å². The Morgan fingerprint density at radius 1 is 1.41 bits per heavy atom. The van der Waals surface area contributed by atoms with Crippen LogP contribution in [0, 0.1) is 0 Å². The predicted octanol–water partition coefficient (Wildman–Crippen LogP) is 2.85. The van der Waals surface area contributed by atoms with Crippen LogP contribution in [0.4, 0.5) is 0 Å². The van der Waals surface area contributed by atoms with Crippen molar-refractivity contribution < 1.29 is 9.53 Å². The Labute approximate surface area is 134 Å². The van der Waals surface area contributed by atoms with E-state index in [1.54, 1.807) is 18.3 Å². The number of para-hydroxylation sites is 1. The van der Waals surface area contributed by atoms with Gasteiger partial charge in [0.05, 0.1) is 5.02 Å². The zero-order chi connectivity index (χ0) is 15.4. The van der Waals surface area contributed by atoms with E-state index in [2.05, 4.69) is 10.2 Å². The highest BCUT2D eigenvalue weighted by atomic mass is 35.5. The van der Waals surface area contributed by atoms with Gasteiger partial charge in [0.25, 0.3) is 5.91 Å². The fourth-order valence-electron chi connectivity index (χ4n) is 2.74. The van der Waals surface area contributed by atoms with Crippen LogP contribution in [-0.4, -0.2) is 40.7 Å². The van der Waals surface area contributed by atoms with Gasteiger partial charge in [-0.25, -0.2) is 0 Å². The minimum Gasteiger partial charge on any atom is -0.482 e. The summed E-state index contributed by atoms with van der Waals surface area (Å²) in [7, 11) is 0. The maximum absolute atomic E-state index is 12.3. The highest BCUT2D eigenvalue weighted by Crippen LogP contribution is 2.26. The molecule has 116 valence electrons. The molecule has 0 spiro atoms. The molecule has 1 aliphatic heterocycles. The van der Waals surface area contributed by atoms with Crippen molar-refractivity contribution in [2.75, 3.05) is 19.7 Å². The third-order valence-electron chi connectivity index (χ3n) is 3.92. The Morgan fingerprint density at radius 2 is 2.27 bits per heavy atom. The summed E-state index contributed by atoms with van der Waals surface area (Å²) in [6.45, 7) is 1.49. The molecule has 0 bridgehead atoms. The molecule has 0 radical (unpaired) electrons. The van der Waals surface area contributed by atoms with E-state index in [0.717, 1.165) is 25.1 Å². The van der Waals surface area contributed by atoms with Gasteiger partial charge < -0.3 is 9.64 Å². The molecule has 3 rings (SSSR count). The number of H-pyrrole nitrogens is 1. The van der Waals surface area contributed by atoms with Gasteiger partial charge in [-0.05, 0) is 31.0 Å². The summed E-state index contributed by atoms with van der Waals surface area (Å²) in [4.78, 5) is 14.2. The number of nitrogens with zero attached hydrogens (tertiary/aromatic N) is 2. The van der Waals surface area contributed by atoms with Gasteiger partial charge in [0.2, 0.25) is 0 Å². The van der Waals surface area contributed by atoms with Crippen LogP contribution in [0.3, 0.4) is 0 Å². The highest BCUT2D eigenvalue weighted by Gasteiger charge is 2.25. The van der Waals surface area contributed by atoms with Gasteiger partial charge in [-0.1, -0.05) is 23.7 Å². The Balaban J connectivity index is 1.57. The van der Waals surface area contributed by atoms with E-state index in [1.807, 2.05) is 23.1 Å². The predicted molar refractivity (Wildman–Crippen MR) is 84.1 cm³/mol. The highest BCUT2D eigenvalue weighted by molar-refractivity contribution is 6.32. The molecule has 6 heteroatoms. The van der Waals surface area contributed by atoms with Crippen molar-refractivity contribution in [1.29, 1.82) is 0 Å². The van der Waals surface area contributed by atoms with Crippen LogP contribution in [0.2, 0.25) is 5.02 Å². The SMILES string of the molecule is O=C(COc1ccccc1Cl)N1CCCC(c2ccn[nH]2)C1. The molecule has 1 amide bonds. The van der Waals surface area contributed by atoms with Crippen molar-refractivity contribution in [3.63, 3.8) is 0 Å². The molecule has 1 saturated heterocycles. The first kappa shape index (κ1) is 14.9. The van der Waals surface area contributed by atoms with Gasteiger partial charge in [-0.2, -0.15) is 5.10 Å². The second kappa shape index (κ2) is 6.83. The van der Waals surface area contributed by atoms with Gasteiger partial charge >= 0.3 is 0 Å². The summed E-state index contributed by atoms with van der Waals surface area (Å²) in [6.07, 6.45) is 3.80. The molecule has 1 fully saturated rings. The maximum Gasteiger partial charge on any atom is 0.260 e. The molecule has 1 aromatic carbocycles. The van der Waals surface area contributed by atoms with Crippen molar-refractivity contribution in [2.24, 2.45) is 0 Å². The summed E-state index contributed by atoms with van der Waals surface area (Å²) < 4.78 is 5.53. The van der Waals surface area contributed by atoms with E-state index in [1.165, 1.54) is 0 Å². The third-order valence-corrected chi connectivity index (χ3v) is 4.24. The first-order valence-electron chi connectivity index (χ1n) is 7.38. The van der Waals surface area contributed by atoms with Crippen molar-refractivity contribution >= 4 is 17.5 Å². The minimum atomic E-state index is -0.0101. The molecule has 1 aromatic heterocycles. The van der Waals surface area contributed by atoms with Gasteiger partial charge in [0, 0.05) is 30.9 Å². The van der Waals surface area contributed by atoms with E-state index >= 15 is 0 Å². The summed E-state index contributed by atoms with van der Waals surface area (Å²) in [5.74, 6) is 0.851. The van der Waals surface area contributed by atoms with E-state index in [9.17, 15) is 4.79 Å². The number of piperidine rings is 1. The van der Waals surface area contributed by atoms with Crippen LogP contribution in [0.25, 0.3) is 0 Å². The van der Waals surface area contributed by atoms with Gasteiger partial charge in [0.1, 0.15) is 5.75 Å². The van der Waals surface area contributed by atoms with Crippen molar-refractivity contribution in [2.45, 2.75) is 18.8 Å². The maximum atomic E-state index is 12.3. The number of hydrogen-bond donors (Lipinski definition) is 1. The summed E-state index contributed by atoms with van der Waals surface area (Å²) in [5, 5.41) is 7.50. The van der Waals surface area contributed by atoms with Crippen LogP contribution < -0.4 is 4.74 Å². The van der Waals surface area contributed by atoms with Crippen molar-refractivity contribution in [3.8, 4) is 5.75 Å². The number of hydrogen-bond acceptors (Lipinski definition) is 3. The van der Waals surface area contributed by atoms with Crippen LogP contribution in [0.15, 0.2) is 36.5 Å². The molecular formula is C16H18ClN3O2. The molecular weight excluding hydrogens is 302 g/mol. The smallest absolute Gasteiger partial charge is 0.260 e. The van der Waals surface area contributed by atoms with Gasteiger partial charge in [0.15, 0.2) is 6.61 Å². The number of benzene rings is 1. The lowest BCUT2D eigenvalue weighted by Crippen LogP contribution is -2.41. The quantitative estimate of drug-likeness (QED) is 0.942. The second-order valence-corrected chi connectivity index (χ2v) is 5.82. The number of aromatic nitrogens is 2. The standard InChI is InChI=1S/C16H18ClN3O2/c17-13-5-1-2-6-15(13)22-11-16(21)20-9-3-4-12(10-20)14-7-8-18-19-14/h1-2,5-8,12H,3-4,9-11H2,(H,18,19). The van der Waals surface area contributed by atoms with E-state index < -0.39 is 0 Å². The Hall–Kier alpha value is -2.01. The van der Waals surface area contributed by atoms with E-state index in [4.69, 9.17) is 16.3 Å². The minimum absolute atomic E-state index is 0.0101. The molecule has 1 unspecified atom stereocenters. The van der Waals surface area contributed by atoms with Crippen molar-refractivity contribution in [3.05, 3.63) is 47.2 Å². The normalized spacial score (nSPS) is 18.2. The molecule has 5 nitrogen and oxygen atoms in total. The zero-order valence-electron chi connectivity index (χ0n) is 12.2. The number of carbonyl (C=O) groups excluding carboxylic acids is 1. The van der Waals surface area contributed by atoms with Gasteiger partial charge in [-0.3, -0.25) is 9.89 Å². The lowest BCUT2D eigenvalue weighted by Gasteiger charge is -2.32. The number of carbonyl (C=O) groups is 1. The van der Waals surface area contributed by atoms with Gasteiger partial charge in [-0.15, -0.1) is 0 Å². The summed E-state index contributed by atoms with van der Waals surface area (Å²) in [6, 6.07) is 9.14. The third kappa shape index (κ3) is 3.42. The second-order valence-electron chi connectivity index (χ2n) is 5.41. The average molecular weight is 320 g/mol. The summed E-state index contributed by atoms with van der Waals surface area (Å²) in [5.41, 5.74) is 1.09. The number of aromatic amines is 1. The molecule has 1 aliphatic rings. The lowest BCUT2D eigenvalue weighted by atomic mass is 9.95. The average Bonchev–Trinajstić information content (AvgIpc) is 3.08. The topological polar surface area (TPSA) is 58.2 Å². The van der Waals surface area contributed by atoms with Crippen LogP contribution in [0.1, 0.15) is 24.5 Å². The van der Waals surface area contributed by atoms with Crippen LogP contribution >= 0.6 is 11.6 Å². The number of ether oxygens (including phenoxy) is 1. The monoisotopic (exact) mass is 319 g/mol. The molecule has 22 heavy (non-hydrogen) atoms. The molecule has 2 heterocycles. The molecule has 1 atom stereocenters. The van der Waals surface area contributed by atoms with E-state index in [-0.39, 0.29) is 12.5 Å². The number of nitrogens with one attached hydrogen (secondary N) is 1. The van der Waals surface area contributed by atoms with Crippen LogP contribution in [0.5, 0.6) is 5.75 Å². The Morgan fingerprint density at radius 3 is 3.05 bits per heavy atom. The fraction of sp³-hybridized carbons (Fsp3) is 0.375. The molecule has 0 aliphatic carbocycles. The first-order chi connectivity index (χ1) is 10.7. The van der Waals surface area contributed by atoms with Crippen LogP contribution in [-0.2, 0) is 4.79 Å². The molecule has 0 saturated carbocycles. The molecule has 1 N–H and O–H groups in total. The Kier molecular flexibility index (Phi) is 4.63. The Bertz CT molecular complexity index is 630.